The lowest BCUT2D eigenvalue weighted by Gasteiger charge is -2.16. The average Bonchev–Trinajstić information content (AvgIpc) is 2.51. The zero-order valence-electron chi connectivity index (χ0n) is 13.8. The van der Waals surface area contributed by atoms with Gasteiger partial charge in [0.2, 0.25) is 0 Å². The van der Waals surface area contributed by atoms with Gasteiger partial charge in [-0.05, 0) is 60.0 Å². The summed E-state index contributed by atoms with van der Waals surface area (Å²) >= 11 is 3.44. The van der Waals surface area contributed by atoms with Gasteiger partial charge in [0.05, 0.1) is 17.7 Å². The molecule has 124 valence electrons. The number of nitrogens with one attached hydrogen (secondary N) is 1. The van der Waals surface area contributed by atoms with E-state index in [4.69, 9.17) is 9.47 Å². The van der Waals surface area contributed by atoms with Gasteiger partial charge in [0.25, 0.3) is 5.91 Å². The Labute approximate surface area is 145 Å². The van der Waals surface area contributed by atoms with Crippen LogP contribution in [0.1, 0.15) is 32.8 Å². The second kappa shape index (κ2) is 9.21. The van der Waals surface area contributed by atoms with Crippen molar-refractivity contribution >= 4 is 27.9 Å². The van der Waals surface area contributed by atoms with Crippen LogP contribution < -0.4 is 14.8 Å². The minimum atomic E-state index is -0.382. The molecule has 5 nitrogen and oxygen atoms in total. The predicted molar refractivity (Wildman–Crippen MR) is 93.3 cm³/mol. The van der Waals surface area contributed by atoms with Gasteiger partial charge in [0, 0.05) is 6.54 Å². The lowest BCUT2D eigenvalue weighted by atomic mass is 10.1. The molecular formula is C17H21BrN2O3. The van der Waals surface area contributed by atoms with E-state index in [2.05, 4.69) is 21.2 Å². The van der Waals surface area contributed by atoms with Crippen molar-refractivity contribution in [3.63, 3.8) is 0 Å². The number of carbonyl (C=O) groups excluding carboxylic acids is 1. The van der Waals surface area contributed by atoms with Crippen LogP contribution in [-0.2, 0) is 4.79 Å². The fourth-order valence-electron chi connectivity index (χ4n) is 1.82. The van der Waals surface area contributed by atoms with E-state index >= 15 is 0 Å². The summed E-state index contributed by atoms with van der Waals surface area (Å²) in [4.78, 5) is 11.9. The quantitative estimate of drug-likeness (QED) is 0.578. The van der Waals surface area contributed by atoms with Crippen LogP contribution in [-0.4, -0.2) is 25.7 Å². The number of halogens is 1. The van der Waals surface area contributed by atoms with Gasteiger partial charge < -0.3 is 14.8 Å². The Morgan fingerprint density at radius 3 is 2.70 bits per heavy atom. The van der Waals surface area contributed by atoms with Crippen LogP contribution in [0.5, 0.6) is 11.5 Å². The molecule has 1 amide bonds. The predicted octanol–water partition coefficient (Wildman–Crippen LogP) is 3.68. The molecule has 1 aromatic rings. The van der Waals surface area contributed by atoms with Crippen LogP contribution in [0.15, 0.2) is 22.2 Å². The number of nitriles is 1. The minimum Gasteiger partial charge on any atom is -0.493 e. The van der Waals surface area contributed by atoms with Gasteiger partial charge >= 0.3 is 0 Å². The molecule has 0 aliphatic heterocycles. The van der Waals surface area contributed by atoms with Crippen molar-refractivity contribution < 1.29 is 14.3 Å². The zero-order chi connectivity index (χ0) is 17.4. The third-order valence-corrected chi connectivity index (χ3v) is 3.41. The summed E-state index contributed by atoms with van der Waals surface area (Å²) in [5, 5.41) is 11.9. The van der Waals surface area contributed by atoms with Crippen molar-refractivity contribution in [2.45, 2.75) is 33.3 Å². The van der Waals surface area contributed by atoms with Gasteiger partial charge in [-0.25, -0.2) is 0 Å². The first-order chi connectivity index (χ1) is 10.9. The van der Waals surface area contributed by atoms with Gasteiger partial charge in [-0.15, -0.1) is 0 Å². The molecule has 1 N–H and O–H groups in total. The molecular weight excluding hydrogens is 360 g/mol. The summed E-state index contributed by atoms with van der Waals surface area (Å²) in [5.74, 6) is 0.742. The maximum Gasteiger partial charge on any atom is 0.261 e. The van der Waals surface area contributed by atoms with E-state index in [1.807, 2.05) is 26.8 Å². The number of rotatable bonds is 7. The molecule has 6 heteroatoms. The second-order valence-corrected chi connectivity index (χ2v) is 5.98. The lowest BCUT2D eigenvalue weighted by Crippen LogP contribution is -2.25. The molecule has 0 aliphatic carbocycles. The Morgan fingerprint density at radius 1 is 1.48 bits per heavy atom. The van der Waals surface area contributed by atoms with E-state index in [0.717, 1.165) is 6.42 Å². The van der Waals surface area contributed by atoms with E-state index in [0.29, 0.717) is 28.1 Å². The summed E-state index contributed by atoms with van der Waals surface area (Å²) in [6.45, 7) is 6.33. The van der Waals surface area contributed by atoms with E-state index in [-0.39, 0.29) is 17.6 Å². The fraction of sp³-hybridized carbons (Fsp3) is 0.412. The number of carbonyl (C=O) groups is 1. The van der Waals surface area contributed by atoms with Crippen LogP contribution >= 0.6 is 15.9 Å². The van der Waals surface area contributed by atoms with Crippen LogP contribution in [0, 0.1) is 11.3 Å². The molecule has 0 heterocycles. The second-order valence-electron chi connectivity index (χ2n) is 5.13. The minimum absolute atomic E-state index is 0.00363. The first-order valence-electron chi connectivity index (χ1n) is 7.37. The first-order valence-corrected chi connectivity index (χ1v) is 8.16. The van der Waals surface area contributed by atoms with E-state index in [9.17, 15) is 10.1 Å². The monoisotopic (exact) mass is 380 g/mol. The molecule has 1 aromatic carbocycles. The van der Waals surface area contributed by atoms with Gasteiger partial charge in [-0.1, -0.05) is 6.92 Å². The van der Waals surface area contributed by atoms with Crippen LogP contribution in [0.2, 0.25) is 0 Å². The van der Waals surface area contributed by atoms with E-state index < -0.39 is 0 Å². The molecule has 0 saturated heterocycles. The summed E-state index contributed by atoms with van der Waals surface area (Å²) in [6, 6.07) is 5.44. The largest absolute Gasteiger partial charge is 0.493 e. The number of nitrogens with zero attached hydrogens (tertiary/aromatic N) is 1. The standard InChI is InChI=1S/C17H21BrN2O3/c1-5-6-20-17(21)13(10-19)7-12-8-14(18)16(23-11(2)3)15(9-12)22-4/h7-9,11H,5-6H2,1-4H3,(H,20,21)/b13-7+. The highest BCUT2D eigenvalue weighted by Crippen LogP contribution is 2.37. The Balaban J connectivity index is 3.18. The topological polar surface area (TPSA) is 71.4 Å². The average molecular weight is 381 g/mol. The fourth-order valence-corrected chi connectivity index (χ4v) is 2.38. The molecule has 23 heavy (non-hydrogen) atoms. The highest BCUT2D eigenvalue weighted by molar-refractivity contribution is 9.10. The number of methoxy groups -OCH3 is 1. The molecule has 0 radical (unpaired) electrons. The SMILES string of the molecule is CCCNC(=O)/C(C#N)=C/c1cc(Br)c(OC(C)C)c(OC)c1. The molecule has 0 fully saturated rings. The normalized spacial score (nSPS) is 11.1. The summed E-state index contributed by atoms with van der Waals surface area (Å²) in [6.07, 6.45) is 2.33. The summed E-state index contributed by atoms with van der Waals surface area (Å²) < 4.78 is 11.8. The van der Waals surface area contributed by atoms with Crippen molar-refractivity contribution in [1.82, 2.24) is 5.32 Å². The highest BCUT2D eigenvalue weighted by Gasteiger charge is 2.14. The number of ether oxygens (including phenoxy) is 2. The maximum absolute atomic E-state index is 11.9. The third kappa shape index (κ3) is 5.61. The molecule has 0 aliphatic rings. The van der Waals surface area contributed by atoms with Crippen molar-refractivity contribution in [2.75, 3.05) is 13.7 Å². The highest BCUT2D eigenvalue weighted by atomic mass is 79.9. The van der Waals surface area contributed by atoms with E-state index in [1.54, 1.807) is 19.2 Å². The Hall–Kier alpha value is -2.00. The summed E-state index contributed by atoms with van der Waals surface area (Å²) in [5.41, 5.74) is 0.720. The molecule has 0 aromatic heterocycles. The van der Waals surface area contributed by atoms with Crippen molar-refractivity contribution in [3.05, 3.63) is 27.7 Å². The van der Waals surface area contributed by atoms with Crippen molar-refractivity contribution in [3.8, 4) is 17.6 Å². The Bertz CT molecular complexity index is 633. The van der Waals surface area contributed by atoms with Crippen LogP contribution in [0.25, 0.3) is 6.08 Å². The number of benzene rings is 1. The summed E-state index contributed by atoms with van der Waals surface area (Å²) in [7, 11) is 1.54. The smallest absolute Gasteiger partial charge is 0.261 e. The Morgan fingerprint density at radius 2 is 2.17 bits per heavy atom. The van der Waals surface area contributed by atoms with Gasteiger partial charge in [0.15, 0.2) is 11.5 Å². The zero-order valence-corrected chi connectivity index (χ0v) is 15.4. The van der Waals surface area contributed by atoms with Crippen molar-refractivity contribution in [2.24, 2.45) is 0 Å². The number of amides is 1. The van der Waals surface area contributed by atoms with Crippen molar-refractivity contribution in [1.29, 1.82) is 5.26 Å². The molecule has 0 saturated carbocycles. The van der Waals surface area contributed by atoms with E-state index in [1.165, 1.54) is 6.08 Å². The van der Waals surface area contributed by atoms with Gasteiger partial charge in [-0.2, -0.15) is 5.26 Å². The molecule has 0 atom stereocenters. The molecule has 0 bridgehead atoms. The Kier molecular flexibility index (Phi) is 7.63. The number of hydrogen-bond donors (Lipinski definition) is 1. The first kappa shape index (κ1) is 19.0. The molecule has 1 rings (SSSR count). The lowest BCUT2D eigenvalue weighted by molar-refractivity contribution is -0.117. The van der Waals surface area contributed by atoms with Crippen LogP contribution in [0.4, 0.5) is 0 Å². The number of hydrogen-bond acceptors (Lipinski definition) is 4. The molecule has 0 spiro atoms. The third-order valence-electron chi connectivity index (χ3n) is 2.82. The van der Waals surface area contributed by atoms with Crippen LogP contribution in [0.3, 0.4) is 0 Å². The van der Waals surface area contributed by atoms with Gasteiger partial charge in [-0.3, -0.25) is 4.79 Å². The molecule has 0 unspecified atom stereocenters. The maximum atomic E-state index is 11.9. The van der Waals surface area contributed by atoms with Gasteiger partial charge in [0.1, 0.15) is 11.6 Å².